The summed E-state index contributed by atoms with van der Waals surface area (Å²) in [6.45, 7) is 8.63. The summed E-state index contributed by atoms with van der Waals surface area (Å²) in [5.41, 5.74) is 4.64. The molecule has 1 aromatic heterocycles. The maximum absolute atomic E-state index is 5.48. The van der Waals surface area contributed by atoms with Crippen LogP contribution in [0.1, 0.15) is 36.6 Å². The van der Waals surface area contributed by atoms with Gasteiger partial charge in [0.15, 0.2) is 5.11 Å². The number of nitrogens with one attached hydrogen (secondary N) is 2. The summed E-state index contributed by atoms with van der Waals surface area (Å²) < 4.78 is 5.06. The third-order valence-electron chi connectivity index (χ3n) is 3.92. The summed E-state index contributed by atoms with van der Waals surface area (Å²) >= 11 is 5.48. The van der Waals surface area contributed by atoms with Gasteiger partial charge in [0, 0.05) is 6.07 Å². The number of hydrogen-bond donors (Lipinski definition) is 2. The van der Waals surface area contributed by atoms with Crippen molar-refractivity contribution >= 4 is 23.0 Å². The highest BCUT2D eigenvalue weighted by Crippen LogP contribution is 2.25. The highest BCUT2D eigenvalue weighted by Gasteiger charge is 2.18. The average Bonchev–Trinajstić information content (AvgIpc) is 2.54. The third kappa shape index (κ3) is 4.68. The molecule has 0 unspecified atom stereocenters. The molecule has 4 nitrogen and oxygen atoms in total. The monoisotopic (exact) mass is 343 g/mol. The van der Waals surface area contributed by atoms with Crippen molar-refractivity contribution in [2.45, 2.75) is 33.7 Å². The lowest BCUT2D eigenvalue weighted by Gasteiger charge is -2.26. The van der Waals surface area contributed by atoms with Gasteiger partial charge in [-0.2, -0.15) is 0 Å². The molecule has 2 N–H and O–H groups in total. The zero-order chi connectivity index (χ0) is 17.7. The van der Waals surface area contributed by atoms with E-state index in [1.165, 1.54) is 16.7 Å². The molecule has 0 amide bonds. The van der Waals surface area contributed by atoms with Crippen LogP contribution in [0.3, 0.4) is 0 Å². The molecule has 0 saturated heterocycles. The summed E-state index contributed by atoms with van der Waals surface area (Å²) in [7, 11) is 1.60. The Balaban J connectivity index is 2.10. The van der Waals surface area contributed by atoms with Crippen LogP contribution in [0.4, 0.5) is 5.69 Å². The molecule has 24 heavy (non-hydrogen) atoms. The Kier molecular flexibility index (Phi) is 6.15. The SMILES string of the molecule is COc1ccc(NC(=S)N[C@H](c2ccc(C)cc2C)C(C)C)cn1. The Hall–Kier alpha value is -2.14. The molecule has 1 heterocycles. The van der Waals surface area contributed by atoms with Crippen molar-refractivity contribution in [2.24, 2.45) is 5.92 Å². The second-order valence-corrected chi connectivity index (χ2v) is 6.68. The van der Waals surface area contributed by atoms with Crippen LogP contribution in [-0.2, 0) is 0 Å². The van der Waals surface area contributed by atoms with Crippen LogP contribution < -0.4 is 15.4 Å². The Morgan fingerprint density at radius 1 is 1.17 bits per heavy atom. The molecule has 0 aliphatic carbocycles. The lowest BCUT2D eigenvalue weighted by atomic mass is 9.92. The molecule has 0 spiro atoms. The van der Waals surface area contributed by atoms with Gasteiger partial charge in [-0.3, -0.25) is 0 Å². The Morgan fingerprint density at radius 3 is 2.46 bits per heavy atom. The van der Waals surface area contributed by atoms with E-state index in [9.17, 15) is 0 Å². The van der Waals surface area contributed by atoms with Crippen LogP contribution in [0.15, 0.2) is 36.5 Å². The lowest BCUT2D eigenvalue weighted by molar-refractivity contribution is 0.398. The van der Waals surface area contributed by atoms with Crippen molar-refractivity contribution in [2.75, 3.05) is 12.4 Å². The van der Waals surface area contributed by atoms with E-state index in [2.05, 4.69) is 61.5 Å². The van der Waals surface area contributed by atoms with E-state index in [0.29, 0.717) is 16.9 Å². The van der Waals surface area contributed by atoms with E-state index in [1.54, 1.807) is 19.4 Å². The van der Waals surface area contributed by atoms with Gasteiger partial charge in [0.2, 0.25) is 5.88 Å². The molecule has 0 aliphatic rings. The molecule has 5 heteroatoms. The largest absolute Gasteiger partial charge is 0.481 e. The van der Waals surface area contributed by atoms with E-state index in [-0.39, 0.29) is 6.04 Å². The summed E-state index contributed by atoms with van der Waals surface area (Å²) in [4.78, 5) is 4.17. The van der Waals surface area contributed by atoms with E-state index in [0.717, 1.165) is 5.69 Å². The van der Waals surface area contributed by atoms with Crippen LogP contribution in [0.5, 0.6) is 5.88 Å². The van der Waals surface area contributed by atoms with Crippen LogP contribution in [-0.4, -0.2) is 17.2 Å². The van der Waals surface area contributed by atoms with Gasteiger partial charge in [0.05, 0.1) is 25.0 Å². The minimum absolute atomic E-state index is 0.150. The topological polar surface area (TPSA) is 46.2 Å². The highest BCUT2D eigenvalue weighted by molar-refractivity contribution is 7.80. The fourth-order valence-corrected chi connectivity index (χ4v) is 2.91. The molecule has 2 aromatic rings. The van der Waals surface area contributed by atoms with Gasteiger partial charge in [0.25, 0.3) is 0 Å². The number of anilines is 1. The standard InChI is InChI=1S/C19H25N3OS/c1-12(2)18(16-8-6-13(3)10-14(16)4)22-19(24)21-15-7-9-17(23-5)20-11-15/h6-12,18H,1-5H3,(H2,21,22,24)/t18-/m0/s1. The van der Waals surface area contributed by atoms with Gasteiger partial charge in [-0.05, 0) is 49.2 Å². The maximum Gasteiger partial charge on any atom is 0.213 e. The number of thiocarbonyl (C=S) groups is 1. The van der Waals surface area contributed by atoms with Gasteiger partial charge in [-0.15, -0.1) is 0 Å². The van der Waals surface area contributed by atoms with Crippen LogP contribution in [0, 0.1) is 19.8 Å². The summed E-state index contributed by atoms with van der Waals surface area (Å²) in [5, 5.41) is 7.20. The number of nitrogens with zero attached hydrogens (tertiary/aromatic N) is 1. The van der Waals surface area contributed by atoms with Crippen LogP contribution in [0.25, 0.3) is 0 Å². The molecule has 1 aromatic carbocycles. The molecular formula is C19H25N3OS. The molecule has 2 rings (SSSR count). The van der Waals surface area contributed by atoms with Crippen molar-refractivity contribution in [1.29, 1.82) is 0 Å². The summed E-state index contributed by atoms with van der Waals surface area (Å²) in [5.74, 6) is 0.981. The third-order valence-corrected chi connectivity index (χ3v) is 4.14. The Morgan fingerprint density at radius 2 is 1.92 bits per heavy atom. The fraction of sp³-hybridized carbons (Fsp3) is 0.368. The second kappa shape index (κ2) is 8.11. The zero-order valence-electron chi connectivity index (χ0n) is 14.9. The fourth-order valence-electron chi connectivity index (χ4n) is 2.66. The number of rotatable bonds is 5. The van der Waals surface area contributed by atoms with Crippen molar-refractivity contribution in [1.82, 2.24) is 10.3 Å². The molecule has 0 bridgehead atoms. The van der Waals surface area contributed by atoms with Gasteiger partial charge >= 0.3 is 0 Å². The first kappa shape index (κ1) is 18.2. The number of methoxy groups -OCH3 is 1. The van der Waals surface area contributed by atoms with E-state index >= 15 is 0 Å². The number of pyridine rings is 1. The molecule has 0 aliphatic heterocycles. The number of benzene rings is 1. The van der Waals surface area contributed by atoms with Crippen molar-refractivity contribution in [3.63, 3.8) is 0 Å². The number of hydrogen-bond acceptors (Lipinski definition) is 3. The van der Waals surface area contributed by atoms with E-state index in [4.69, 9.17) is 17.0 Å². The van der Waals surface area contributed by atoms with Crippen LogP contribution in [0.2, 0.25) is 0 Å². The first-order valence-electron chi connectivity index (χ1n) is 8.05. The summed E-state index contributed by atoms with van der Waals surface area (Å²) in [6.07, 6.45) is 1.70. The second-order valence-electron chi connectivity index (χ2n) is 6.27. The lowest BCUT2D eigenvalue weighted by Crippen LogP contribution is -2.35. The van der Waals surface area contributed by atoms with Gasteiger partial charge in [0.1, 0.15) is 0 Å². The molecule has 1 atom stereocenters. The first-order valence-corrected chi connectivity index (χ1v) is 8.46. The number of aromatic nitrogens is 1. The van der Waals surface area contributed by atoms with Gasteiger partial charge in [-0.25, -0.2) is 4.98 Å². The van der Waals surface area contributed by atoms with Crippen molar-refractivity contribution < 1.29 is 4.74 Å². The van der Waals surface area contributed by atoms with Gasteiger partial charge < -0.3 is 15.4 Å². The highest BCUT2D eigenvalue weighted by atomic mass is 32.1. The predicted octanol–water partition coefficient (Wildman–Crippen LogP) is 4.39. The molecule has 128 valence electrons. The van der Waals surface area contributed by atoms with E-state index in [1.807, 2.05) is 6.07 Å². The molecule has 0 radical (unpaired) electrons. The summed E-state index contributed by atoms with van der Waals surface area (Å²) in [6, 6.07) is 10.4. The van der Waals surface area contributed by atoms with Gasteiger partial charge in [-0.1, -0.05) is 37.6 Å². The van der Waals surface area contributed by atoms with E-state index < -0.39 is 0 Å². The number of ether oxygens (including phenoxy) is 1. The van der Waals surface area contributed by atoms with Crippen LogP contribution >= 0.6 is 12.2 Å². The number of aryl methyl sites for hydroxylation is 2. The smallest absolute Gasteiger partial charge is 0.213 e. The normalized spacial score (nSPS) is 11.9. The molecule has 0 saturated carbocycles. The maximum atomic E-state index is 5.48. The molecule has 0 fully saturated rings. The minimum Gasteiger partial charge on any atom is -0.481 e. The Labute approximate surface area is 149 Å². The first-order chi connectivity index (χ1) is 11.4. The van der Waals surface area contributed by atoms with Crippen molar-refractivity contribution in [3.05, 3.63) is 53.2 Å². The zero-order valence-corrected chi connectivity index (χ0v) is 15.7. The average molecular weight is 343 g/mol. The quantitative estimate of drug-likeness (QED) is 0.788. The molecular weight excluding hydrogens is 318 g/mol. The Bertz CT molecular complexity index is 698. The van der Waals surface area contributed by atoms with Crippen molar-refractivity contribution in [3.8, 4) is 5.88 Å². The predicted molar refractivity (Wildman–Crippen MR) is 104 cm³/mol. The minimum atomic E-state index is 0.150.